The van der Waals surface area contributed by atoms with Crippen molar-refractivity contribution in [2.45, 2.75) is 26.3 Å². The summed E-state index contributed by atoms with van der Waals surface area (Å²) in [4.78, 5) is 4.02. The first-order chi connectivity index (χ1) is 10.2. The number of rotatable bonds is 7. The standard InChI is InChI=1S/C17H22N2O2/c1-3-20-16-6-5-14(12-17(16)21-4-2)15(18)11-13-7-9-19-10-8-13/h5-10,12,15H,3-4,11,18H2,1-2H3. The summed E-state index contributed by atoms with van der Waals surface area (Å²) in [5.41, 5.74) is 8.51. The number of nitrogens with zero attached hydrogens (tertiary/aromatic N) is 1. The lowest BCUT2D eigenvalue weighted by molar-refractivity contribution is 0.287. The van der Waals surface area contributed by atoms with Gasteiger partial charge in [0.15, 0.2) is 11.5 Å². The highest BCUT2D eigenvalue weighted by Gasteiger charge is 2.12. The Morgan fingerprint density at radius 3 is 2.33 bits per heavy atom. The van der Waals surface area contributed by atoms with Gasteiger partial charge in [-0.1, -0.05) is 6.07 Å². The summed E-state index contributed by atoms with van der Waals surface area (Å²) in [6, 6.07) is 9.79. The third kappa shape index (κ3) is 4.20. The van der Waals surface area contributed by atoms with Gasteiger partial charge in [-0.05, 0) is 55.7 Å². The van der Waals surface area contributed by atoms with Crippen LogP contribution in [0.25, 0.3) is 0 Å². The van der Waals surface area contributed by atoms with Crippen molar-refractivity contribution < 1.29 is 9.47 Å². The molecule has 4 heteroatoms. The molecule has 1 atom stereocenters. The van der Waals surface area contributed by atoms with Crippen molar-refractivity contribution in [3.63, 3.8) is 0 Å². The zero-order valence-electron chi connectivity index (χ0n) is 12.6. The van der Waals surface area contributed by atoms with Crippen molar-refractivity contribution in [3.05, 3.63) is 53.9 Å². The SMILES string of the molecule is CCOc1ccc(C(N)Cc2ccncc2)cc1OCC. The number of pyridine rings is 1. The molecule has 0 saturated carbocycles. The van der Waals surface area contributed by atoms with Gasteiger partial charge in [-0.3, -0.25) is 4.98 Å². The van der Waals surface area contributed by atoms with Crippen molar-refractivity contribution >= 4 is 0 Å². The number of ether oxygens (including phenoxy) is 2. The normalized spacial score (nSPS) is 12.0. The Hall–Kier alpha value is -2.07. The first-order valence-electron chi connectivity index (χ1n) is 7.28. The molecular formula is C17H22N2O2. The average Bonchev–Trinajstić information content (AvgIpc) is 2.50. The Kier molecular flexibility index (Phi) is 5.58. The first kappa shape index (κ1) is 15.3. The Morgan fingerprint density at radius 1 is 1.00 bits per heavy atom. The van der Waals surface area contributed by atoms with Gasteiger partial charge < -0.3 is 15.2 Å². The molecule has 0 aliphatic rings. The summed E-state index contributed by atoms with van der Waals surface area (Å²) in [5, 5.41) is 0. The molecule has 21 heavy (non-hydrogen) atoms. The zero-order valence-corrected chi connectivity index (χ0v) is 12.6. The van der Waals surface area contributed by atoms with E-state index in [2.05, 4.69) is 4.98 Å². The predicted octanol–water partition coefficient (Wildman–Crippen LogP) is 3.12. The number of aromatic nitrogens is 1. The molecule has 112 valence electrons. The molecule has 2 rings (SSSR count). The lowest BCUT2D eigenvalue weighted by Gasteiger charge is -2.16. The van der Waals surface area contributed by atoms with Gasteiger partial charge in [-0.25, -0.2) is 0 Å². The fraction of sp³-hybridized carbons (Fsp3) is 0.353. The first-order valence-corrected chi connectivity index (χ1v) is 7.28. The molecule has 0 saturated heterocycles. The van der Waals surface area contributed by atoms with Crippen LogP contribution < -0.4 is 15.2 Å². The van der Waals surface area contributed by atoms with Crippen LogP contribution in [-0.2, 0) is 6.42 Å². The van der Waals surface area contributed by atoms with Crippen molar-refractivity contribution in [3.8, 4) is 11.5 Å². The quantitative estimate of drug-likeness (QED) is 0.849. The molecule has 0 spiro atoms. The monoisotopic (exact) mass is 286 g/mol. The maximum Gasteiger partial charge on any atom is 0.161 e. The molecule has 2 aromatic rings. The topological polar surface area (TPSA) is 57.4 Å². The van der Waals surface area contributed by atoms with Crippen LogP contribution in [0.5, 0.6) is 11.5 Å². The van der Waals surface area contributed by atoms with Crippen LogP contribution in [0.1, 0.15) is 31.0 Å². The van der Waals surface area contributed by atoms with Crippen molar-refractivity contribution in [2.24, 2.45) is 5.73 Å². The number of hydrogen-bond donors (Lipinski definition) is 1. The lowest BCUT2D eigenvalue weighted by atomic mass is 10.00. The number of benzene rings is 1. The van der Waals surface area contributed by atoms with Crippen LogP contribution in [0.2, 0.25) is 0 Å². The van der Waals surface area contributed by atoms with E-state index >= 15 is 0 Å². The maximum absolute atomic E-state index is 6.30. The van der Waals surface area contributed by atoms with E-state index in [-0.39, 0.29) is 6.04 Å². The smallest absolute Gasteiger partial charge is 0.161 e. The number of hydrogen-bond acceptors (Lipinski definition) is 4. The molecule has 1 aromatic carbocycles. The molecule has 0 fully saturated rings. The molecule has 1 heterocycles. The van der Waals surface area contributed by atoms with Gasteiger partial charge >= 0.3 is 0 Å². The third-order valence-electron chi connectivity index (χ3n) is 3.20. The van der Waals surface area contributed by atoms with Gasteiger partial charge in [-0.2, -0.15) is 0 Å². The minimum atomic E-state index is -0.0812. The molecule has 0 radical (unpaired) electrons. The van der Waals surface area contributed by atoms with Crippen molar-refractivity contribution in [1.82, 2.24) is 4.98 Å². The minimum absolute atomic E-state index is 0.0812. The largest absolute Gasteiger partial charge is 0.490 e. The Balaban J connectivity index is 2.17. The van der Waals surface area contributed by atoms with Crippen LogP contribution in [0, 0.1) is 0 Å². The second kappa shape index (κ2) is 7.64. The van der Waals surface area contributed by atoms with E-state index in [1.165, 1.54) is 5.56 Å². The highest BCUT2D eigenvalue weighted by atomic mass is 16.5. The fourth-order valence-electron chi connectivity index (χ4n) is 2.19. The average molecular weight is 286 g/mol. The summed E-state index contributed by atoms with van der Waals surface area (Å²) in [5.74, 6) is 1.52. The third-order valence-corrected chi connectivity index (χ3v) is 3.20. The number of nitrogens with two attached hydrogens (primary N) is 1. The fourth-order valence-corrected chi connectivity index (χ4v) is 2.19. The van der Waals surface area contributed by atoms with E-state index in [0.29, 0.717) is 13.2 Å². The molecule has 0 bridgehead atoms. The highest BCUT2D eigenvalue weighted by Crippen LogP contribution is 2.31. The zero-order chi connectivity index (χ0) is 15.1. The Morgan fingerprint density at radius 2 is 1.67 bits per heavy atom. The summed E-state index contributed by atoms with van der Waals surface area (Å²) in [6.45, 7) is 5.13. The van der Waals surface area contributed by atoms with E-state index in [9.17, 15) is 0 Å². The van der Waals surface area contributed by atoms with E-state index in [1.807, 2.05) is 44.2 Å². The van der Waals surface area contributed by atoms with Gasteiger partial charge in [0, 0.05) is 18.4 Å². The summed E-state index contributed by atoms with van der Waals surface area (Å²) in [7, 11) is 0. The van der Waals surface area contributed by atoms with Crippen LogP contribution >= 0.6 is 0 Å². The van der Waals surface area contributed by atoms with Crippen LogP contribution in [-0.4, -0.2) is 18.2 Å². The molecule has 4 nitrogen and oxygen atoms in total. The van der Waals surface area contributed by atoms with E-state index in [1.54, 1.807) is 12.4 Å². The second-order valence-corrected chi connectivity index (χ2v) is 4.74. The van der Waals surface area contributed by atoms with E-state index in [4.69, 9.17) is 15.2 Å². The summed E-state index contributed by atoms with van der Waals surface area (Å²) >= 11 is 0. The molecular weight excluding hydrogens is 264 g/mol. The highest BCUT2D eigenvalue weighted by molar-refractivity contribution is 5.44. The summed E-state index contributed by atoms with van der Waals surface area (Å²) < 4.78 is 11.2. The van der Waals surface area contributed by atoms with Gasteiger partial charge in [0.1, 0.15) is 0 Å². The van der Waals surface area contributed by atoms with Gasteiger partial charge in [0.05, 0.1) is 13.2 Å². The van der Waals surface area contributed by atoms with Crippen LogP contribution in [0.15, 0.2) is 42.7 Å². The van der Waals surface area contributed by atoms with Gasteiger partial charge in [-0.15, -0.1) is 0 Å². The molecule has 0 aliphatic carbocycles. The molecule has 1 aromatic heterocycles. The minimum Gasteiger partial charge on any atom is -0.490 e. The van der Waals surface area contributed by atoms with Crippen LogP contribution in [0.3, 0.4) is 0 Å². The molecule has 0 aliphatic heterocycles. The molecule has 2 N–H and O–H groups in total. The maximum atomic E-state index is 6.30. The van der Waals surface area contributed by atoms with Gasteiger partial charge in [0.25, 0.3) is 0 Å². The lowest BCUT2D eigenvalue weighted by Crippen LogP contribution is -2.13. The van der Waals surface area contributed by atoms with Crippen molar-refractivity contribution in [2.75, 3.05) is 13.2 Å². The molecule has 1 unspecified atom stereocenters. The van der Waals surface area contributed by atoms with Crippen molar-refractivity contribution in [1.29, 1.82) is 0 Å². The van der Waals surface area contributed by atoms with E-state index in [0.717, 1.165) is 23.5 Å². The summed E-state index contributed by atoms with van der Waals surface area (Å²) in [6.07, 6.45) is 4.33. The van der Waals surface area contributed by atoms with Gasteiger partial charge in [0.2, 0.25) is 0 Å². The Bertz CT molecular complexity index is 558. The van der Waals surface area contributed by atoms with E-state index < -0.39 is 0 Å². The second-order valence-electron chi connectivity index (χ2n) is 4.74. The van der Waals surface area contributed by atoms with Crippen LogP contribution in [0.4, 0.5) is 0 Å². The Labute approximate surface area is 125 Å². The predicted molar refractivity (Wildman–Crippen MR) is 83.6 cm³/mol. The molecule has 0 amide bonds.